The van der Waals surface area contributed by atoms with Crippen molar-refractivity contribution in [3.63, 3.8) is 0 Å². The second-order valence-corrected chi connectivity index (χ2v) is 6.80. The quantitative estimate of drug-likeness (QED) is 0.174. The van der Waals surface area contributed by atoms with Crippen LogP contribution in [0.25, 0.3) is 16.6 Å². The number of carbonyl (C=O) groups excluding carboxylic acids is 1. The minimum absolute atomic E-state index is 0.0765. The van der Waals surface area contributed by atoms with Gasteiger partial charge in [-0.25, -0.2) is 4.98 Å². The summed E-state index contributed by atoms with van der Waals surface area (Å²) in [6.45, 7) is -0.659. The maximum atomic E-state index is 12.8. The fraction of sp³-hybridized carbons (Fsp3) is 0.190. The number of fused-ring (bicyclic) bond motifs is 1. The lowest BCUT2D eigenvalue weighted by molar-refractivity contribution is -0.385. The summed E-state index contributed by atoms with van der Waals surface area (Å²) in [6.07, 6.45) is -5.40. The number of aliphatic hydroxyl groups excluding tert-OH is 1. The standard InChI is InChI=1S/C21H15F3N4O5/c22-21(23,24)13-7-5-12(17(9-13)28(31)32)6-8-19(30)33-11-18(29)14(10-25)20-26-15-3-1-2-4-16(15)27-20/h1-5,7,9,29H,6,8,11H2,(H,26,27)/b18-14+. The number of para-hydroxylation sites is 2. The van der Waals surface area contributed by atoms with Crippen LogP contribution >= 0.6 is 0 Å². The van der Waals surface area contributed by atoms with Gasteiger partial charge in [0.1, 0.15) is 18.2 Å². The Morgan fingerprint density at radius 2 is 2.00 bits per heavy atom. The highest BCUT2D eigenvalue weighted by atomic mass is 19.4. The normalized spacial score (nSPS) is 12.2. The molecule has 0 aliphatic carbocycles. The molecule has 0 atom stereocenters. The van der Waals surface area contributed by atoms with Crippen LogP contribution in [0.15, 0.2) is 48.2 Å². The maximum absolute atomic E-state index is 12.8. The van der Waals surface area contributed by atoms with E-state index in [0.717, 1.165) is 6.07 Å². The van der Waals surface area contributed by atoms with Gasteiger partial charge in [-0.3, -0.25) is 14.9 Å². The second-order valence-electron chi connectivity index (χ2n) is 6.80. The molecule has 170 valence electrons. The van der Waals surface area contributed by atoms with Crippen molar-refractivity contribution in [2.75, 3.05) is 6.61 Å². The molecule has 2 aromatic carbocycles. The number of nitriles is 1. The number of aromatic nitrogens is 2. The predicted molar refractivity (Wildman–Crippen MR) is 109 cm³/mol. The lowest BCUT2D eigenvalue weighted by atomic mass is 10.0. The zero-order valence-corrected chi connectivity index (χ0v) is 16.7. The van der Waals surface area contributed by atoms with E-state index >= 15 is 0 Å². The monoisotopic (exact) mass is 460 g/mol. The van der Waals surface area contributed by atoms with Gasteiger partial charge in [-0.15, -0.1) is 0 Å². The van der Waals surface area contributed by atoms with Crippen LogP contribution in [-0.2, 0) is 22.1 Å². The SMILES string of the molecule is N#C/C(=C(\O)COC(=O)CCc1ccc(C(F)(F)F)cc1[N+](=O)[O-])c1nc2ccccc2[nH]1. The zero-order valence-electron chi connectivity index (χ0n) is 16.7. The molecule has 12 heteroatoms. The Balaban J connectivity index is 1.66. The average Bonchev–Trinajstić information content (AvgIpc) is 3.19. The number of aliphatic hydroxyl groups is 1. The summed E-state index contributed by atoms with van der Waals surface area (Å²) in [5, 5.41) is 30.6. The van der Waals surface area contributed by atoms with E-state index in [1.807, 2.05) is 0 Å². The van der Waals surface area contributed by atoms with E-state index < -0.39 is 47.1 Å². The van der Waals surface area contributed by atoms with Crippen molar-refractivity contribution in [3.8, 4) is 6.07 Å². The number of esters is 1. The lowest BCUT2D eigenvalue weighted by Gasteiger charge is -2.09. The predicted octanol–water partition coefficient (Wildman–Crippen LogP) is 4.46. The van der Waals surface area contributed by atoms with Gasteiger partial charge >= 0.3 is 12.1 Å². The third-order valence-electron chi connectivity index (χ3n) is 4.60. The van der Waals surface area contributed by atoms with Crippen LogP contribution in [0.2, 0.25) is 0 Å². The van der Waals surface area contributed by atoms with Crippen LogP contribution in [0.5, 0.6) is 0 Å². The molecule has 3 aromatic rings. The molecule has 9 nitrogen and oxygen atoms in total. The molecule has 0 amide bonds. The molecular formula is C21H15F3N4O5. The first kappa shape index (κ1) is 23.3. The Morgan fingerprint density at radius 1 is 1.27 bits per heavy atom. The van der Waals surface area contributed by atoms with Crippen LogP contribution in [0.4, 0.5) is 18.9 Å². The number of hydrogen-bond acceptors (Lipinski definition) is 7. The summed E-state index contributed by atoms with van der Waals surface area (Å²) in [4.78, 5) is 29.2. The van der Waals surface area contributed by atoms with Crippen molar-refractivity contribution in [1.29, 1.82) is 5.26 Å². The molecule has 0 aliphatic heterocycles. The van der Waals surface area contributed by atoms with Gasteiger partial charge in [0.25, 0.3) is 5.69 Å². The number of aryl methyl sites for hydroxylation is 1. The molecule has 0 unspecified atom stereocenters. The highest BCUT2D eigenvalue weighted by Crippen LogP contribution is 2.33. The van der Waals surface area contributed by atoms with E-state index in [-0.39, 0.29) is 23.4 Å². The number of nitrogens with one attached hydrogen (secondary N) is 1. The summed E-state index contributed by atoms with van der Waals surface area (Å²) >= 11 is 0. The number of rotatable bonds is 7. The molecule has 2 N–H and O–H groups in total. The topological polar surface area (TPSA) is 142 Å². The Hall–Kier alpha value is -4.40. The number of alkyl halides is 3. The number of hydrogen-bond donors (Lipinski definition) is 2. The van der Waals surface area contributed by atoms with E-state index in [4.69, 9.17) is 4.74 Å². The fourth-order valence-corrected chi connectivity index (χ4v) is 2.98. The van der Waals surface area contributed by atoms with Gasteiger partial charge in [-0.1, -0.05) is 18.2 Å². The number of ether oxygens (including phenoxy) is 1. The van der Waals surface area contributed by atoms with E-state index in [2.05, 4.69) is 9.97 Å². The van der Waals surface area contributed by atoms with Crippen molar-refractivity contribution < 1.29 is 32.7 Å². The van der Waals surface area contributed by atoms with Crippen molar-refractivity contribution in [3.05, 3.63) is 75.3 Å². The molecule has 0 radical (unpaired) electrons. The Bertz CT molecular complexity index is 1260. The number of benzene rings is 2. The van der Waals surface area contributed by atoms with E-state index in [1.165, 1.54) is 0 Å². The number of allylic oxidation sites excluding steroid dienone is 1. The summed E-state index contributed by atoms with van der Waals surface area (Å²) in [5.41, 5.74) is -1.07. The van der Waals surface area contributed by atoms with Crippen LogP contribution in [0, 0.1) is 21.4 Å². The minimum atomic E-state index is -4.75. The number of imidazole rings is 1. The summed E-state index contributed by atoms with van der Waals surface area (Å²) < 4.78 is 43.2. The number of aromatic amines is 1. The first-order chi connectivity index (χ1) is 15.6. The third-order valence-corrected chi connectivity index (χ3v) is 4.60. The number of H-pyrrole nitrogens is 1. The number of nitro groups is 1. The summed E-state index contributed by atoms with van der Waals surface area (Å²) in [6, 6.07) is 10.7. The molecule has 0 bridgehead atoms. The molecule has 1 heterocycles. The summed E-state index contributed by atoms with van der Waals surface area (Å²) in [5.74, 6) is -1.37. The highest BCUT2D eigenvalue weighted by Gasteiger charge is 2.33. The van der Waals surface area contributed by atoms with Gasteiger partial charge in [0.15, 0.2) is 11.6 Å². The average molecular weight is 460 g/mol. The van der Waals surface area contributed by atoms with E-state index in [9.17, 15) is 38.4 Å². The molecule has 0 aliphatic rings. The molecular weight excluding hydrogens is 445 g/mol. The van der Waals surface area contributed by atoms with Crippen LogP contribution < -0.4 is 0 Å². The number of halogens is 3. The van der Waals surface area contributed by atoms with Gasteiger partial charge in [-0.2, -0.15) is 18.4 Å². The molecule has 0 saturated carbocycles. The fourth-order valence-electron chi connectivity index (χ4n) is 2.98. The molecule has 1 aromatic heterocycles. The Labute approximate surface area is 183 Å². The number of carbonyl (C=O) groups is 1. The number of nitro benzene ring substituents is 1. The van der Waals surface area contributed by atoms with Crippen LogP contribution in [0.3, 0.4) is 0 Å². The molecule has 0 fully saturated rings. The zero-order chi connectivity index (χ0) is 24.2. The lowest BCUT2D eigenvalue weighted by Crippen LogP contribution is -2.11. The maximum Gasteiger partial charge on any atom is 0.416 e. The van der Waals surface area contributed by atoms with E-state index in [0.29, 0.717) is 23.2 Å². The van der Waals surface area contributed by atoms with Gasteiger partial charge in [0, 0.05) is 18.1 Å². The Kier molecular flexibility index (Phi) is 6.62. The molecule has 3 rings (SSSR count). The van der Waals surface area contributed by atoms with Gasteiger partial charge in [-0.05, 0) is 24.6 Å². The largest absolute Gasteiger partial charge is 0.507 e. The van der Waals surface area contributed by atoms with E-state index in [1.54, 1.807) is 30.3 Å². The third kappa shape index (κ3) is 5.45. The first-order valence-corrected chi connectivity index (χ1v) is 9.37. The van der Waals surface area contributed by atoms with Gasteiger partial charge in [0.05, 0.1) is 21.5 Å². The molecule has 0 saturated heterocycles. The van der Waals surface area contributed by atoms with Crippen molar-refractivity contribution in [2.45, 2.75) is 19.0 Å². The second kappa shape index (κ2) is 9.39. The molecule has 0 spiro atoms. The van der Waals surface area contributed by atoms with Gasteiger partial charge < -0.3 is 14.8 Å². The summed E-state index contributed by atoms with van der Waals surface area (Å²) in [7, 11) is 0. The van der Waals surface area contributed by atoms with Crippen LogP contribution in [-0.4, -0.2) is 32.6 Å². The van der Waals surface area contributed by atoms with Crippen molar-refractivity contribution >= 4 is 28.3 Å². The Morgan fingerprint density at radius 3 is 2.64 bits per heavy atom. The van der Waals surface area contributed by atoms with Crippen molar-refractivity contribution in [1.82, 2.24) is 9.97 Å². The highest BCUT2D eigenvalue weighted by molar-refractivity contribution is 5.83. The van der Waals surface area contributed by atoms with Gasteiger partial charge in [0.2, 0.25) is 0 Å². The van der Waals surface area contributed by atoms with Crippen molar-refractivity contribution in [2.24, 2.45) is 0 Å². The number of nitrogens with zero attached hydrogens (tertiary/aromatic N) is 3. The first-order valence-electron chi connectivity index (χ1n) is 9.37. The smallest absolute Gasteiger partial charge is 0.416 e. The minimum Gasteiger partial charge on any atom is -0.507 e. The van der Waals surface area contributed by atoms with Crippen LogP contribution in [0.1, 0.15) is 23.4 Å². The molecule has 33 heavy (non-hydrogen) atoms.